The molecule has 114 valence electrons. The van der Waals surface area contributed by atoms with E-state index in [0.717, 1.165) is 5.56 Å². The van der Waals surface area contributed by atoms with Gasteiger partial charge in [0.25, 0.3) is 0 Å². The summed E-state index contributed by atoms with van der Waals surface area (Å²) in [5, 5.41) is 9.54. The fourth-order valence-corrected chi connectivity index (χ4v) is 1.71. The number of hydrogen-bond acceptors (Lipinski definition) is 5. The summed E-state index contributed by atoms with van der Waals surface area (Å²) in [4.78, 5) is 15.4. The van der Waals surface area contributed by atoms with Crippen LogP contribution in [0.4, 0.5) is 0 Å². The Labute approximate surface area is 128 Å². The SMILES string of the molecule is CCOC(=O)C(O)=Cc1ccc(OCc2ccccc2)cn1. The normalized spacial score (nSPS) is 11.0. The summed E-state index contributed by atoms with van der Waals surface area (Å²) >= 11 is 0. The van der Waals surface area contributed by atoms with Crippen molar-refractivity contribution in [3.8, 4) is 5.75 Å². The number of aliphatic hydroxyl groups excluding tert-OH is 1. The number of ether oxygens (including phenoxy) is 2. The molecule has 2 aromatic rings. The van der Waals surface area contributed by atoms with E-state index in [1.165, 1.54) is 12.3 Å². The van der Waals surface area contributed by atoms with E-state index < -0.39 is 11.7 Å². The van der Waals surface area contributed by atoms with Crippen LogP contribution in [0.1, 0.15) is 18.2 Å². The van der Waals surface area contributed by atoms with Crippen LogP contribution in [-0.2, 0) is 16.1 Å². The molecule has 22 heavy (non-hydrogen) atoms. The van der Waals surface area contributed by atoms with Gasteiger partial charge in [-0.1, -0.05) is 30.3 Å². The molecule has 0 fully saturated rings. The Bertz CT molecular complexity index is 635. The number of hydrogen-bond donors (Lipinski definition) is 1. The predicted molar refractivity (Wildman–Crippen MR) is 82.2 cm³/mol. The van der Waals surface area contributed by atoms with Crippen molar-refractivity contribution in [2.45, 2.75) is 13.5 Å². The lowest BCUT2D eigenvalue weighted by atomic mass is 10.2. The van der Waals surface area contributed by atoms with Gasteiger partial charge in [-0.05, 0) is 24.6 Å². The molecule has 0 saturated heterocycles. The van der Waals surface area contributed by atoms with Crippen molar-refractivity contribution in [1.82, 2.24) is 4.98 Å². The van der Waals surface area contributed by atoms with Gasteiger partial charge in [-0.15, -0.1) is 0 Å². The summed E-state index contributed by atoms with van der Waals surface area (Å²) in [6, 6.07) is 13.2. The maximum atomic E-state index is 11.3. The lowest BCUT2D eigenvalue weighted by Gasteiger charge is -2.06. The summed E-state index contributed by atoms with van der Waals surface area (Å²) in [5.74, 6) is -0.641. The van der Waals surface area contributed by atoms with Crippen LogP contribution in [0.2, 0.25) is 0 Å². The number of carbonyl (C=O) groups is 1. The van der Waals surface area contributed by atoms with Gasteiger partial charge in [0.05, 0.1) is 18.5 Å². The lowest BCUT2D eigenvalue weighted by Crippen LogP contribution is -2.06. The zero-order valence-electron chi connectivity index (χ0n) is 12.2. The van der Waals surface area contributed by atoms with E-state index in [-0.39, 0.29) is 6.61 Å². The Morgan fingerprint density at radius 3 is 2.64 bits per heavy atom. The van der Waals surface area contributed by atoms with Gasteiger partial charge in [-0.25, -0.2) is 4.79 Å². The maximum Gasteiger partial charge on any atom is 0.373 e. The first-order valence-electron chi connectivity index (χ1n) is 6.89. The Balaban J connectivity index is 1.95. The van der Waals surface area contributed by atoms with E-state index in [9.17, 15) is 9.90 Å². The fraction of sp³-hybridized carbons (Fsp3) is 0.176. The van der Waals surface area contributed by atoms with Gasteiger partial charge < -0.3 is 14.6 Å². The first-order valence-corrected chi connectivity index (χ1v) is 6.89. The number of benzene rings is 1. The predicted octanol–water partition coefficient (Wildman–Crippen LogP) is 3.12. The summed E-state index contributed by atoms with van der Waals surface area (Å²) in [6.07, 6.45) is 2.78. The highest BCUT2D eigenvalue weighted by atomic mass is 16.5. The molecule has 1 heterocycles. The molecule has 0 atom stereocenters. The number of aliphatic hydroxyl groups is 1. The molecule has 0 amide bonds. The first-order chi connectivity index (χ1) is 10.7. The minimum absolute atomic E-state index is 0.205. The maximum absolute atomic E-state index is 11.3. The van der Waals surface area contributed by atoms with Crippen LogP contribution >= 0.6 is 0 Å². The third-order valence-electron chi connectivity index (χ3n) is 2.78. The molecule has 5 nitrogen and oxygen atoms in total. The van der Waals surface area contributed by atoms with Gasteiger partial charge >= 0.3 is 5.97 Å². The summed E-state index contributed by atoms with van der Waals surface area (Å²) in [5.41, 5.74) is 1.50. The molecular weight excluding hydrogens is 282 g/mol. The van der Waals surface area contributed by atoms with Crippen molar-refractivity contribution in [2.24, 2.45) is 0 Å². The van der Waals surface area contributed by atoms with Crippen LogP contribution in [0, 0.1) is 0 Å². The number of carbonyl (C=O) groups excluding carboxylic acids is 1. The Hall–Kier alpha value is -2.82. The summed E-state index contributed by atoms with van der Waals surface area (Å²) < 4.78 is 10.3. The van der Waals surface area contributed by atoms with Gasteiger partial charge in [-0.2, -0.15) is 0 Å². The zero-order valence-corrected chi connectivity index (χ0v) is 12.2. The van der Waals surface area contributed by atoms with E-state index in [1.54, 1.807) is 19.1 Å². The third kappa shape index (κ3) is 4.63. The van der Waals surface area contributed by atoms with Gasteiger partial charge in [0, 0.05) is 6.08 Å². The number of nitrogens with zero attached hydrogens (tertiary/aromatic N) is 1. The number of aromatic nitrogens is 1. The molecule has 0 radical (unpaired) electrons. The van der Waals surface area contributed by atoms with Crippen molar-refractivity contribution >= 4 is 12.0 Å². The van der Waals surface area contributed by atoms with Crippen LogP contribution in [0.15, 0.2) is 54.4 Å². The van der Waals surface area contributed by atoms with E-state index in [2.05, 4.69) is 9.72 Å². The van der Waals surface area contributed by atoms with Crippen molar-refractivity contribution < 1.29 is 19.4 Å². The van der Waals surface area contributed by atoms with E-state index in [0.29, 0.717) is 18.1 Å². The largest absolute Gasteiger partial charge is 0.502 e. The molecule has 0 unspecified atom stereocenters. The zero-order chi connectivity index (χ0) is 15.8. The number of pyridine rings is 1. The first kappa shape index (κ1) is 15.6. The highest BCUT2D eigenvalue weighted by molar-refractivity contribution is 5.90. The molecule has 0 saturated carbocycles. The Kier molecular flexibility index (Phi) is 5.54. The second kappa shape index (κ2) is 7.83. The molecule has 0 spiro atoms. The molecule has 1 aromatic heterocycles. The molecule has 0 bridgehead atoms. The Morgan fingerprint density at radius 1 is 1.23 bits per heavy atom. The smallest absolute Gasteiger partial charge is 0.373 e. The van der Waals surface area contributed by atoms with Crippen LogP contribution in [0.5, 0.6) is 5.75 Å². The highest BCUT2D eigenvalue weighted by Crippen LogP contribution is 2.13. The summed E-state index contributed by atoms with van der Waals surface area (Å²) in [7, 11) is 0. The number of rotatable bonds is 6. The van der Waals surface area contributed by atoms with Crippen molar-refractivity contribution in [3.63, 3.8) is 0 Å². The standard InChI is InChI=1S/C17H17NO4/c1-2-21-17(20)16(19)10-14-8-9-15(11-18-14)22-12-13-6-4-3-5-7-13/h3-11,19H,2,12H2,1H3. The average Bonchev–Trinajstić information content (AvgIpc) is 2.55. The second-order valence-corrected chi connectivity index (χ2v) is 4.44. The summed E-state index contributed by atoms with van der Waals surface area (Å²) in [6.45, 7) is 2.32. The molecule has 1 aromatic carbocycles. The van der Waals surface area contributed by atoms with Gasteiger partial charge in [0.1, 0.15) is 12.4 Å². The fourth-order valence-electron chi connectivity index (χ4n) is 1.71. The van der Waals surface area contributed by atoms with Crippen molar-refractivity contribution in [3.05, 3.63) is 65.7 Å². The average molecular weight is 299 g/mol. The molecule has 0 aliphatic rings. The van der Waals surface area contributed by atoms with Crippen LogP contribution in [0.3, 0.4) is 0 Å². The minimum atomic E-state index is -0.770. The minimum Gasteiger partial charge on any atom is -0.502 e. The van der Waals surface area contributed by atoms with E-state index in [1.807, 2.05) is 30.3 Å². The van der Waals surface area contributed by atoms with Crippen molar-refractivity contribution in [2.75, 3.05) is 6.61 Å². The lowest BCUT2D eigenvalue weighted by molar-refractivity contribution is -0.141. The molecule has 5 heteroatoms. The second-order valence-electron chi connectivity index (χ2n) is 4.44. The molecule has 2 rings (SSSR count). The van der Waals surface area contributed by atoms with Gasteiger partial charge in [0.15, 0.2) is 0 Å². The molecule has 1 N–H and O–H groups in total. The molecular formula is C17H17NO4. The third-order valence-corrected chi connectivity index (χ3v) is 2.78. The van der Waals surface area contributed by atoms with Crippen LogP contribution in [0.25, 0.3) is 6.08 Å². The van der Waals surface area contributed by atoms with Crippen LogP contribution < -0.4 is 4.74 Å². The van der Waals surface area contributed by atoms with E-state index in [4.69, 9.17) is 4.74 Å². The van der Waals surface area contributed by atoms with E-state index >= 15 is 0 Å². The Morgan fingerprint density at radius 2 is 2.00 bits per heavy atom. The monoisotopic (exact) mass is 299 g/mol. The van der Waals surface area contributed by atoms with Crippen LogP contribution in [-0.4, -0.2) is 22.7 Å². The molecule has 0 aliphatic heterocycles. The topological polar surface area (TPSA) is 68.7 Å². The van der Waals surface area contributed by atoms with Gasteiger partial charge in [0.2, 0.25) is 5.76 Å². The number of esters is 1. The quantitative estimate of drug-likeness (QED) is 0.504. The molecule has 0 aliphatic carbocycles. The highest BCUT2D eigenvalue weighted by Gasteiger charge is 2.08. The van der Waals surface area contributed by atoms with Gasteiger partial charge in [-0.3, -0.25) is 4.98 Å². The van der Waals surface area contributed by atoms with Crippen molar-refractivity contribution in [1.29, 1.82) is 0 Å².